The van der Waals surface area contributed by atoms with E-state index in [1.807, 2.05) is 0 Å². The van der Waals surface area contributed by atoms with Gasteiger partial charge in [0.1, 0.15) is 5.75 Å². The van der Waals surface area contributed by atoms with Crippen LogP contribution in [-0.2, 0) is 21.9 Å². The number of carbonyl (C=O) groups is 2. The summed E-state index contributed by atoms with van der Waals surface area (Å²) >= 11 is 0. The first-order valence-corrected chi connectivity index (χ1v) is 10.9. The highest BCUT2D eigenvalue weighted by atomic mass is 19.4. The largest absolute Gasteiger partial charge is 0.497 e. The third-order valence-electron chi connectivity index (χ3n) is 5.75. The van der Waals surface area contributed by atoms with E-state index in [0.717, 1.165) is 0 Å². The lowest BCUT2D eigenvalue weighted by Gasteiger charge is -2.23. The van der Waals surface area contributed by atoms with E-state index in [-0.39, 0.29) is 19.1 Å². The van der Waals surface area contributed by atoms with Gasteiger partial charge in [-0.05, 0) is 55.2 Å². The molecule has 0 bridgehead atoms. The summed E-state index contributed by atoms with van der Waals surface area (Å²) in [7, 11) is 1.47. The maximum Gasteiger partial charge on any atom is 0.417 e. The van der Waals surface area contributed by atoms with Gasteiger partial charge < -0.3 is 14.8 Å². The molecule has 0 saturated carbocycles. The van der Waals surface area contributed by atoms with E-state index in [1.54, 1.807) is 37.3 Å². The van der Waals surface area contributed by atoms with Gasteiger partial charge >= 0.3 is 18.3 Å². The number of nitrogens with one attached hydrogen (secondary N) is 1. The molecule has 0 saturated heterocycles. The van der Waals surface area contributed by atoms with Crippen molar-refractivity contribution in [3.05, 3.63) is 76.9 Å². The first-order valence-electron chi connectivity index (χ1n) is 10.9. The van der Waals surface area contributed by atoms with Crippen molar-refractivity contribution in [2.24, 2.45) is 5.92 Å². The summed E-state index contributed by atoms with van der Waals surface area (Å²) in [5.41, 5.74) is -3.53. The molecule has 0 spiro atoms. The molecule has 0 unspecified atom stereocenters. The molecule has 1 aliphatic carbocycles. The minimum absolute atomic E-state index is 0.0816. The zero-order valence-electron chi connectivity index (χ0n) is 19.2. The van der Waals surface area contributed by atoms with Gasteiger partial charge in [0.25, 0.3) is 5.91 Å². The smallest absolute Gasteiger partial charge is 0.417 e. The van der Waals surface area contributed by atoms with Crippen molar-refractivity contribution in [1.82, 2.24) is 5.32 Å². The highest BCUT2D eigenvalue weighted by Gasteiger charge is 2.40. The van der Waals surface area contributed by atoms with Crippen molar-refractivity contribution in [2.75, 3.05) is 13.7 Å². The zero-order valence-corrected chi connectivity index (χ0v) is 19.2. The zero-order chi connectivity index (χ0) is 26.7. The summed E-state index contributed by atoms with van der Waals surface area (Å²) in [6, 6.07) is 6.87. The summed E-state index contributed by atoms with van der Waals surface area (Å²) in [5, 5.41) is 2.41. The van der Waals surface area contributed by atoms with Gasteiger partial charge in [-0.1, -0.05) is 24.3 Å². The summed E-state index contributed by atoms with van der Waals surface area (Å²) in [6.45, 7) is 1.78. The molecule has 2 aromatic rings. The Morgan fingerprint density at radius 1 is 1.03 bits per heavy atom. The number of carbonyl (C=O) groups excluding carboxylic acids is 2. The second kappa shape index (κ2) is 10.6. The number of rotatable bonds is 7. The van der Waals surface area contributed by atoms with Crippen molar-refractivity contribution in [3.8, 4) is 5.75 Å². The molecule has 3 rings (SSSR count). The minimum atomic E-state index is -5.18. The van der Waals surface area contributed by atoms with Crippen LogP contribution >= 0.6 is 0 Å². The second-order valence-corrected chi connectivity index (χ2v) is 8.13. The number of hydrogen-bond donors (Lipinski definition) is 1. The standard InChI is InChI=1S/C25H23F6NO4/c1-3-36-23(34)21(14-5-4-6-18(12-14)35-2)15-7-9-17(11-15)32-22(33)19-10-8-16(24(26,27)28)13-20(19)25(29,30)31/h4-10,12-13,15,17,21H,3,11H2,1-2H3,(H,32,33)/t15-,17+,21-/m1/s1. The number of esters is 1. The molecule has 0 aliphatic heterocycles. The van der Waals surface area contributed by atoms with Crippen LogP contribution in [0.25, 0.3) is 0 Å². The molecule has 0 heterocycles. The number of benzene rings is 2. The summed E-state index contributed by atoms with van der Waals surface area (Å²) in [6.07, 6.45) is -6.83. The number of halogens is 6. The third-order valence-corrected chi connectivity index (χ3v) is 5.75. The lowest BCUT2D eigenvalue weighted by molar-refractivity contribution is -0.146. The number of alkyl halides is 6. The summed E-state index contributed by atoms with van der Waals surface area (Å²) in [5.74, 6) is -2.42. The van der Waals surface area contributed by atoms with E-state index in [1.165, 1.54) is 13.2 Å². The van der Waals surface area contributed by atoms with Crippen LogP contribution in [-0.4, -0.2) is 31.6 Å². The topological polar surface area (TPSA) is 64.6 Å². The van der Waals surface area contributed by atoms with Crippen LogP contribution in [0.1, 0.15) is 46.3 Å². The molecule has 194 valence electrons. The van der Waals surface area contributed by atoms with Crippen LogP contribution in [0, 0.1) is 5.92 Å². The fraction of sp³-hybridized carbons (Fsp3) is 0.360. The van der Waals surface area contributed by atoms with Crippen LogP contribution in [0.15, 0.2) is 54.6 Å². The summed E-state index contributed by atoms with van der Waals surface area (Å²) in [4.78, 5) is 25.4. The maximum absolute atomic E-state index is 13.4. The predicted octanol–water partition coefficient (Wildman–Crippen LogP) is 5.75. The van der Waals surface area contributed by atoms with E-state index in [4.69, 9.17) is 9.47 Å². The molecule has 2 aromatic carbocycles. The first-order chi connectivity index (χ1) is 16.8. The number of hydrogen-bond acceptors (Lipinski definition) is 4. The number of amides is 1. The Hall–Kier alpha value is -3.50. The van der Waals surface area contributed by atoms with Crippen LogP contribution < -0.4 is 10.1 Å². The highest BCUT2D eigenvalue weighted by molar-refractivity contribution is 5.96. The Labute approximate surface area is 203 Å². The van der Waals surface area contributed by atoms with E-state index in [0.29, 0.717) is 23.4 Å². The van der Waals surface area contributed by atoms with E-state index < -0.39 is 58.8 Å². The Morgan fingerprint density at radius 2 is 1.75 bits per heavy atom. The molecule has 1 amide bonds. The lowest BCUT2D eigenvalue weighted by atomic mass is 9.85. The average molecular weight is 515 g/mol. The molecule has 5 nitrogen and oxygen atoms in total. The van der Waals surface area contributed by atoms with Crippen LogP contribution in [0.2, 0.25) is 0 Å². The Morgan fingerprint density at radius 3 is 2.36 bits per heavy atom. The normalized spacial score (nSPS) is 18.6. The van der Waals surface area contributed by atoms with Gasteiger partial charge in [-0.2, -0.15) is 26.3 Å². The predicted molar refractivity (Wildman–Crippen MR) is 117 cm³/mol. The fourth-order valence-electron chi connectivity index (χ4n) is 4.11. The molecule has 1 N–H and O–H groups in total. The Balaban J connectivity index is 1.82. The molecule has 0 aromatic heterocycles. The van der Waals surface area contributed by atoms with Crippen molar-refractivity contribution in [1.29, 1.82) is 0 Å². The third kappa shape index (κ3) is 6.19. The molecule has 36 heavy (non-hydrogen) atoms. The van der Waals surface area contributed by atoms with Gasteiger partial charge in [-0.15, -0.1) is 0 Å². The van der Waals surface area contributed by atoms with Gasteiger partial charge in [-0.25, -0.2) is 0 Å². The molecular weight excluding hydrogens is 492 g/mol. The summed E-state index contributed by atoms with van der Waals surface area (Å²) < 4.78 is 89.5. The van der Waals surface area contributed by atoms with Crippen molar-refractivity contribution < 1.29 is 45.4 Å². The van der Waals surface area contributed by atoms with Gasteiger partial charge in [0.15, 0.2) is 0 Å². The molecule has 0 radical (unpaired) electrons. The number of ether oxygens (including phenoxy) is 2. The first kappa shape index (κ1) is 27.1. The lowest BCUT2D eigenvalue weighted by Crippen LogP contribution is -2.35. The fourth-order valence-corrected chi connectivity index (χ4v) is 4.11. The molecule has 11 heteroatoms. The van der Waals surface area contributed by atoms with E-state index in [9.17, 15) is 35.9 Å². The van der Waals surface area contributed by atoms with Crippen LogP contribution in [0.4, 0.5) is 26.3 Å². The minimum Gasteiger partial charge on any atom is -0.497 e. The molecule has 0 fully saturated rings. The number of methoxy groups -OCH3 is 1. The van der Waals surface area contributed by atoms with Gasteiger partial charge in [-0.3, -0.25) is 9.59 Å². The quantitative estimate of drug-likeness (QED) is 0.290. The SMILES string of the molecule is CCOC(=O)[C@H](c1cccc(OC)c1)[C@@H]1C=C[C@H](NC(=O)c2ccc(C(F)(F)F)cc2C(F)(F)F)C1. The number of allylic oxidation sites excluding steroid dienone is 1. The van der Waals surface area contributed by atoms with E-state index in [2.05, 4.69) is 5.32 Å². The average Bonchev–Trinajstić information content (AvgIpc) is 3.25. The molecule has 1 aliphatic rings. The molecule has 3 atom stereocenters. The Kier molecular flexibility index (Phi) is 8.00. The van der Waals surface area contributed by atoms with Gasteiger partial charge in [0.2, 0.25) is 0 Å². The van der Waals surface area contributed by atoms with E-state index >= 15 is 0 Å². The van der Waals surface area contributed by atoms with Crippen molar-refractivity contribution in [3.63, 3.8) is 0 Å². The van der Waals surface area contributed by atoms with Crippen LogP contribution in [0.3, 0.4) is 0 Å². The molecular formula is C25H23F6NO4. The Bertz CT molecular complexity index is 1140. The van der Waals surface area contributed by atoms with Gasteiger partial charge in [0, 0.05) is 6.04 Å². The highest BCUT2D eigenvalue weighted by Crippen LogP contribution is 2.38. The second-order valence-electron chi connectivity index (χ2n) is 8.13. The van der Waals surface area contributed by atoms with Gasteiger partial charge in [0.05, 0.1) is 36.3 Å². The van der Waals surface area contributed by atoms with Crippen molar-refractivity contribution >= 4 is 11.9 Å². The monoisotopic (exact) mass is 515 g/mol. The van der Waals surface area contributed by atoms with Crippen LogP contribution in [0.5, 0.6) is 5.75 Å². The van der Waals surface area contributed by atoms with Crippen molar-refractivity contribution in [2.45, 2.75) is 37.7 Å². The maximum atomic E-state index is 13.4.